The van der Waals surface area contributed by atoms with Crippen LogP contribution in [0, 0.1) is 0 Å². The first kappa shape index (κ1) is 9.22. The molecule has 0 unspecified atom stereocenters. The van der Waals surface area contributed by atoms with Gasteiger partial charge in [0.05, 0.1) is 11.5 Å². The van der Waals surface area contributed by atoms with Gasteiger partial charge in [0.15, 0.2) is 10.7 Å². The van der Waals surface area contributed by atoms with Crippen molar-refractivity contribution in [2.45, 2.75) is 11.5 Å². The van der Waals surface area contributed by atoms with Crippen molar-refractivity contribution in [2.24, 2.45) is 0 Å². The van der Waals surface area contributed by atoms with Crippen LogP contribution in [-0.4, -0.2) is 15.5 Å². The van der Waals surface area contributed by atoms with Gasteiger partial charge in [-0.15, -0.1) is 0 Å². The third-order valence-corrected chi connectivity index (χ3v) is 2.18. The molecule has 0 N–H and O–H groups in total. The minimum absolute atomic E-state index is 0.338. The average Bonchev–Trinajstić information content (AvgIpc) is 2.06. The molecule has 3 nitrogen and oxygen atoms in total. The Labute approximate surface area is 72.9 Å². The molecule has 0 fully saturated rings. The van der Waals surface area contributed by atoms with Gasteiger partial charge in [-0.3, -0.25) is 0 Å². The molecule has 0 spiro atoms. The highest BCUT2D eigenvalue weighted by molar-refractivity contribution is 7.72. The Morgan fingerprint density at radius 2 is 1.83 bits per heavy atom. The molecule has 66 valence electrons. The van der Waals surface area contributed by atoms with Gasteiger partial charge in [-0.2, -0.15) is 0 Å². The molecule has 4 heteroatoms. The van der Waals surface area contributed by atoms with Crippen LogP contribution in [0.2, 0.25) is 0 Å². The van der Waals surface area contributed by atoms with Crippen molar-refractivity contribution in [1.82, 2.24) is 0 Å². The van der Waals surface area contributed by atoms with E-state index in [9.17, 15) is 8.42 Å². The fourth-order valence-electron chi connectivity index (χ4n) is 0.881. The molecule has 0 saturated carbocycles. The van der Waals surface area contributed by atoms with Gasteiger partial charge in [-0.1, -0.05) is 12.1 Å². The lowest BCUT2D eigenvalue weighted by Gasteiger charge is -1.97. The summed E-state index contributed by atoms with van der Waals surface area (Å²) in [5.74, 6) is 0. The molecule has 1 aromatic rings. The van der Waals surface area contributed by atoms with E-state index in [4.69, 9.17) is 4.74 Å². The lowest BCUT2D eigenvalue weighted by Crippen LogP contribution is -1.87. The zero-order chi connectivity index (χ0) is 8.97. The van der Waals surface area contributed by atoms with Crippen LogP contribution in [0.3, 0.4) is 0 Å². The van der Waals surface area contributed by atoms with E-state index in [0.29, 0.717) is 11.5 Å². The molecular weight excluding hydrogens is 176 g/mol. The van der Waals surface area contributed by atoms with Crippen LogP contribution in [0.5, 0.6) is 0 Å². The molecule has 0 aliphatic carbocycles. The van der Waals surface area contributed by atoms with Gasteiger partial charge in [0, 0.05) is 7.11 Å². The van der Waals surface area contributed by atoms with Crippen LogP contribution in [-0.2, 0) is 22.0 Å². The number of benzene rings is 1. The van der Waals surface area contributed by atoms with Crippen LogP contribution in [0.4, 0.5) is 0 Å². The van der Waals surface area contributed by atoms with Crippen molar-refractivity contribution in [3.63, 3.8) is 0 Å². The molecule has 0 amide bonds. The van der Waals surface area contributed by atoms with Gasteiger partial charge >= 0.3 is 0 Å². The van der Waals surface area contributed by atoms with Crippen molar-refractivity contribution >= 4 is 10.7 Å². The largest absolute Gasteiger partial charge is 0.380 e. The predicted molar refractivity (Wildman–Crippen MR) is 45.7 cm³/mol. The summed E-state index contributed by atoms with van der Waals surface area (Å²) >= 11 is 0. The van der Waals surface area contributed by atoms with Gasteiger partial charge in [0.2, 0.25) is 0 Å². The summed E-state index contributed by atoms with van der Waals surface area (Å²) in [6.07, 6.45) is 0. The van der Waals surface area contributed by atoms with E-state index in [0.717, 1.165) is 5.56 Å². The molecule has 0 bridgehead atoms. The second-order valence-electron chi connectivity index (χ2n) is 2.36. The molecule has 0 saturated heterocycles. The van der Waals surface area contributed by atoms with E-state index in [1.807, 2.05) is 0 Å². The summed E-state index contributed by atoms with van der Waals surface area (Å²) in [7, 11) is -0.859. The van der Waals surface area contributed by atoms with Gasteiger partial charge < -0.3 is 4.74 Å². The molecule has 0 atom stereocenters. The van der Waals surface area contributed by atoms with Gasteiger partial charge in [-0.25, -0.2) is 8.42 Å². The minimum Gasteiger partial charge on any atom is -0.380 e. The molecule has 0 heterocycles. The minimum atomic E-state index is -2.46. The zero-order valence-corrected chi connectivity index (χ0v) is 7.58. The lowest BCUT2D eigenvalue weighted by atomic mass is 10.2. The normalized spacial score (nSPS) is 10.5. The van der Waals surface area contributed by atoms with Crippen molar-refractivity contribution in [3.05, 3.63) is 29.8 Å². The third-order valence-electron chi connectivity index (χ3n) is 1.46. The van der Waals surface area contributed by atoms with E-state index in [1.165, 1.54) is 0 Å². The highest BCUT2D eigenvalue weighted by atomic mass is 32.2. The first-order valence-electron chi connectivity index (χ1n) is 3.46. The van der Waals surface area contributed by atoms with E-state index in [2.05, 4.69) is 0 Å². The highest BCUT2D eigenvalue weighted by Crippen LogP contribution is 2.05. The summed E-state index contributed by atoms with van der Waals surface area (Å²) in [5, 5.41) is 0. The second kappa shape index (κ2) is 4.23. The summed E-state index contributed by atoms with van der Waals surface area (Å²) in [5.41, 5.74) is 0.970. The fraction of sp³-hybridized carbons (Fsp3) is 0.250. The van der Waals surface area contributed by atoms with Gasteiger partial charge in [0.1, 0.15) is 0 Å². The number of thiol groups is 1. The summed E-state index contributed by atoms with van der Waals surface area (Å²) in [6, 6.07) is 6.62. The Balaban J connectivity index is 2.85. The number of ether oxygens (including phenoxy) is 1. The number of rotatable bonds is 3. The monoisotopic (exact) mass is 186 g/mol. The first-order chi connectivity index (χ1) is 5.74. The van der Waals surface area contributed by atoms with E-state index in [1.54, 1.807) is 31.4 Å². The van der Waals surface area contributed by atoms with Crippen LogP contribution in [0.15, 0.2) is 29.2 Å². The molecule has 0 aliphatic rings. The van der Waals surface area contributed by atoms with Gasteiger partial charge in [-0.05, 0) is 17.7 Å². The number of methoxy groups -OCH3 is 1. The second-order valence-corrected chi connectivity index (χ2v) is 3.39. The smallest absolute Gasteiger partial charge is 0.168 e. The number of hydrogen-bond acceptors (Lipinski definition) is 3. The molecule has 1 rings (SSSR count). The average molecular weight is 186 g/mol. The van der Waals surface area contributed by atoms with Crippen LogP contribution in [0.25, 0.3) is 0 Å². The van der Waals surface area contributed by atoms with Crippen molar-refractivity contribution < 1.29 is 13.2 Å². The maximum Gasteiger partial charge on any atom is 0.168 e. The summed E-state index contributed by atoms with van der Waals surface area (Å²) in [6.45, 7) is 0.510. The maximum atomic E-state index is 10.5. The standard InChI is InChI=1S/C8H10O3S/c1-11-6-7-2-4-8(5-3-7)12(9)10/h2-5,12H,6H2,1H3. The van der Waals surface area contributed by atoms with Crippen LogP contribution < -0.4 is 0 Å². The Morgan fingerprint density at radius 3 is 2.25 bits per heavy atom. The third kappa shape index (κ3) is 2.32. The van der Waals surface area contributed by atoms with Crippen LogP contribution >= 0.6 is 0 Å². The molecule has 12 heavy (non-hydrogen) atoms. The van der Waals surface area contributed by atoms with E-state index in [-0.39, 0.29) is 0 Å². The molecule has 0 radical (unpaired) electrons. The summed E-state index contributed by atoms with van der Waals surface area (Å²) < 4.78 is 25.8. The Bertz CT molecular complexity index is 306. The van der Waals surface area contributed by atoms with Crippen LogP contribution in [0.1, 0.15) is 5.56 Å². The van der Waals surface area contributed by atoms with E-state index >= 15 is 0 Å². The lowest BCUT2D eigenvalue weighted by molar-refractivity contribution is 0.185. The Morgan fingerprint density at radius 1 is 1.25 bits per heavy atom. The predicted octanol–water partition coefficient (Wildman–Crippen LogP) is 0.803. The van der Waals surface area contributed by atoms with Gasteiger partial charge in [0.25, 0.3) is 0 Å². The molecule has 0 aliphatic heterocycles. The topological polar surface area (TPSA) is 43.4 Å². The fourth-order valence-corrected chi connectivity index (χ4v) is 1.27. The maximum absolute atomic E-state index is 10.5. The molecular formula is C8H10O3S. The molecule has 0 aromatic heterocycles. The molecule has 1 aromatic carbocycles. The van der Waals surface area contributed by atoms with Crippen molar-refractivity contribution in [1.29, 1.82) is 0 Å². The SMILES string of the molecule is COCc1ccc([SH](=O)=O)cc1. The van der Waals surface area contributed by atoms with Crippen molar-refractivity contribution in [3.8, 4) is 0 Å². The summed E-state index contributed by atoms with van der Waals surface area (Å²) in [4.78, 5) is 0.338. The Hall–Kier alpha value is -0.870. The Kier molecular flexibility index (Phi) is 3.25. The quantitative estimate of drug-likeness (QED) is 0.710. The van der Waals surface area contributed by atoms with E-state index < -0.39 is 10.7 Å². The number of hydrogen-bond donors (Lipinski definition) is 1. The zero-order valence-electron chi connectivity index (χ0n) is 6.69. The van der Waals surface area contributed by atoms with Crippen molar-refractivity contribution in [2.75, 3.05) is 7.11 Å². The highest BCUT2D eigenvalue weighted by Gasteiger charge is 1.94. The first-order valence-corrected chi connectivity index (χ1v) is 4.64.